The number of carbonyl (C=O) groups is 1. The van der Waals surface area contributed by atoms with Crippen molar-refractivity contribution in [2.75, 3.05) is 13.2 Å². The van der Waals surface area contributed by atoms with E-state index in [4.69, 9.17) is 26.2 Å². The zero-order valence-electron chi connectivity index (χ0n) is 20.1. The van der Waals surface area contributed by atoms with Crippen LogP contribution in [0.15, 0.2) is 97.2 Å². The van der Waals surface area contributed by atoms with E-state index < -0.39 is 5.97 Å². The van der Waals surface area contributed by atoms with Crippen LogP contribution in [0.4, 0.5) is 0 Å². The first-order valence-corrected chi connectivity index (χ1v) is 11.9. The Balaban J connectivity index is 1.52. The van der Waals surface area contributed by atoms with Crippen LogP contribution in [0.5, 0.6) is 11.5 Å². The SMILES string of the molecule is Cc1cc(OC/C=C(/c2ccc(Cl)cc2)c2ccc(C#Cc3ccccn3)cc2)ccc1OCC(=O)O. The number of carboxylic acid groups (broad SMARTS) is 1. The van der Waals surface area contributed by atoms with Gasteiger partial charge in [-0.1, -0.05) is 47.9 Å². The molecule has 0 saturated heterocycles. The Bertz CT molecular complexity index is 1450. The van der Waals surface area contributed by atoms with Crippen LogP contribution in [0.25, 0.3) is 5.57 Å². The normalized spacial score (nSPS) is 10.8. The number of halogens is 1. The van der Waals surface area contributed by atoms with Gasteiger partial charge in [-0.15, -0.1) is 0 Å². The fourth-order valence-electron chi connectivity index (χ4n) is 3.57. The van der Waals surface area contributed by atoms with Crippen LogP contribution in [-0.2, 0) is 4.79 Å². The van der Waals surface area contributed by atoms with E-state index in [0.29, 0.717) is 23.1 Å². The summed E-state index contributed by atoms with van der Waals surface area (Å²) in [4.78, 5) is 15.0. The van der Waals surface area contributed by atoms with Crippen LogP contribution < -0.4 is 9.47 Å². The maximum Gasteiger partial charge on any atom is 0.341 e. The summed E-state index contributed by atoms with van der Waals surface area (Å²) in [6.45, 7) is 1.78. The summed E-state index contributed by atoms with van der Waals surface area (Å²) in [7, 11) is 0. The fraction of sp³-hybridized carbons (Fsp3) is 0.0968. The molecule has 0 bridgehead atoms. The van der Waals surface area contributed by atoms with E-state index in [1.807, 2.05) is 85.8 Å². The largest absolute Gasteiger partial charge is 0.489 e. The molecule has 1 heterocycles. The second-order valence-electron chi connectivity index (χ2n) is 8.09. The average molecular weight is 510 g/mol. The minimum Gasteiger partial charge on any atom is -0.489 e. The monoisotopic (exact) mass is 509 g/mol. The van der Waals surface area contributed by atoms with Gasteiger partial charge in [0, 0.05) is 16.8 Å². The Morgan fingerprint density at radius 1 is 0.946 bits per heavy atom. The third kappa shape index (κ3) is 7.47. The lowest BCUT2D eigenvalue weighted by Crippen LogP contribution is -2.10. The van der Waals surface area contributed by atoms with Crippen LogP contribution in [0.3, 0.4) is 0 Å². The molecule has 5 nitrogen and oxygen atoms in total. The van der Waals surface area contributed by atoms with Gasteiger partial charge in [-0.25, -0.2) is 9.78 Å². The molecule has 0 spiro atoms. The minimum absolute atomic E-state index is 0.327. The van der Waals surface area contributed by atoms with Crippen LogP contribution in [0.2, 0.25) is 5.02 Å². The molecule has 4 aromatic rings. The van der Waals surface area contributed by atoms with Gasteiger partial charge in [0.2, 0.25) is 0 Å². The Labute approximate surface area is 221 Å². The molecule has 6 heteroatoms. The highest BCUT2D eigenvalue weighted by Crippen LogP contribution is 2.27. The van der Waals surface area contributed by atoms with Crippen molar-refractivity contribution in [2.45, 2.75) is 6.92 Å². The van der Waals surface area contributed by atoms with E-state index in [2.05, 4.69) is 16.8 Å². The standard InChI is InChI=1S/C31H24ClNO4/c1-22-20-28(15-16-30(22)37-21-31(34)35)36-19-17-29(25-10-12-26(32)13-11-25)24-8-5-23(6-9-24)7-14-27-4-2-3-18-33-27/h2-6,8-13,15-18,20H,19,21H2,1H3,(H,34,35)/b29-17+. The van der Waals surface area contributed by atoms with Crippen molar-refractivity contribution in [3.8, 4) is 23.3 Å². The quantitative estimate of drug-likeness (QED) is 0.278. The molecule has 0 aliphatic rings. The number of hydrogen-bond acceptors (Lipinski definition) is 4. The molecule has 1 aromatic heterocycles. The van der Waals surface area contributed by atoms with Gasteiger partial charge in [-0.2, -0.15) is 0 Å². The molecular formula is C31H24ClNO4. The fourth-order valence-corrected chi connectivity index (χ4v) is 3.70. The maximum atomic E-state index is 10.7. The van der Waals surface area contributed by atoms with E-state index in [1.54, 1.807) is 18.3 Å². The van der Waals surface area contributed by atoms with Crippen LogP contribution in [-0.4, -0.2) is 29.3 Å². The highest BCUT2D eigenvalue weighted by atomic mass is 35.5. The molecule has 4 rings (SSSR count). The van der Waals surface area contributed by atoms with Gasteiger partial charge in [0.15, 0.2) is 6.61 Å². The molecule has 37 heavy (non-hydrogen) atoms. The van der Waals surface area contributed by atoms with Crippen LogP contribution in [0, 0.1) is 18.8 Å². The third-order valence-electron chi connectivity index (χ3n) is 5.39. The van der Waals surface area contributed by atoms with Crippen LogP contribution in [0.1, 0.15) is 27.9 Å². The third-order valence-corrected chi connectivity index (χ3v) is 5.64. The Morgan fingerprint density at radius 3 is 2.32 bits per heavy atom. The molecule has 0 aliphatic heterocycles. The summed E-state index contributed by atoms with van der Waals surface area (Å²) in [5.41, 5.74) is 5.43. The van der Waals surface area contributed by atoms with Crippen LogP contribution >= 0.6 is 11.6 Å². The van der Waals surface area contributed by atoms with Crippen molar-refractivity contribution >= 4 is 23.1 Å². The second-order valence-corrected chi connectivity index (χ2v) is 8.52. The second kappa shape index (κ2) is 12.4. The maximum absolute atomic E-state index is 10.7. The average Bonchev–Trinajstić information content (AvgIpc) is 2.91. The van der Waals surface area contributed by atoms with Gasteiger partial charge in [0.1, 0.15) is 23.8 Å². The molecular weight excluding hydrogens is 486 g/mol. The number of rotatable bonds is 8. The Kier molecular flexibility index (Phi) is 8.59. The first-order valence-electron chi connectivity index (χ1n) is 11.6. The molecule has 184 valence electrons. The number of pyridine rings is 1. The first-order chi connectivity index (χ1) is 18.0. The van der Waals surface area contributed by atoms with Gasteiger partial charge in [-0.3, -0.25) is 0 Å². The molecule has 0 aliphatic carbocycles. The Hall–Kier alpha value is -4.53. The van der Waals surface area contributed by atoms with Gasteiger partial charge >= 0.3 is 5.97 Å². The number of ether oxygens (including phenoxy) is 2. The van der Waals surface area contributed by atoms with Gasteiger partial charge in [0.05, 0.1) is 0 Å². The van der Waals surface area contributed by atoms with Gasteiger partial charge in [-0.05, 0) is 95.8 Å². The molecule has 0 atom stereocenters. The number of nitrogens with zero attached hydrogens (tertiary/aromatic N) is 1. The highest BCUT2D eigenvalue weighted by Gasteiger charge is 2.07. The van der Waals surface area contributed by atoms with E-state index in [0.717, 1.165) is 33.5 Å². The summed E-state index contributed by atoms with van der Waals surface area (Å²) < 4.78 is 11.3. The number of carboxylic acids is 1. The van der Waals surface area contributed by atoms with E-state index in [-0.39, 0.29) is 6.61 Å². The number of aliphatic carboxylic acids is 1. The summed E-state index contributed by atoms with van der Waals surface area (Å²) in [6, 6.07) is 26.6. The summed E-state index contributed by atoms with van der Waals surface area (Å²) in [5.74, 6) is 6.37. The first kappa shape index (κ1) is 25.6. The molecule has 0 unspecified atom stereocenters. The van der Waals surface area contributed by atoms with Crippen molar-refractivity contribution in [1.29, 1.82) is 0 Å². The van der Waals surface area contributed by atoms with Crippen molar-refractivity contribution in [2.24, 2.45) is 0 Å². The lowest BCUT2D eigenvalue weighted by Gasteiger charge is -2.12. The Morgan fingerprint density at radius 2 is 1.68 bits per heavy atom. The van der Waals surface area contributed by atoms with Crippen molar-refractivity contribution in [3.05, 3.63) is 130 Å². The molecule has 0 fully saturated rings. The number of aromatic nitrogens is 1. The predicted octanol–water partition coefficient (Wildman–Crippen LogP) is 6.42. The zero-order valence-corrected chi connectivity index (χ0v) is 20.9. The van der Waals surface area contributed by atoms with Crippen molar-refractivity contribution in [1.82, 2.24) is 4.98 Å². The number of hydrogen-bond donors (Lipinski definition) is 1. The number of benzene rings is 3. The van der Waals surface area contributed by atoms with Crippen molar-refractivity contribution in [3.63, 3.8) is 0 Å². The summed E-state index contributed by atoms with van der Waals surface area (Å²) in [6.07, 6.45) is 3.74. The summed E-state index contributed by atoms with van der Waals surface area (Å²) >= 11 is 6.11. The summed E-state index contributed by atoms with van der Waals surface area (Å²) in [5, 5.41) is 9.47. The molecule has 0 amide bonds. The van der Waals surface area contributed by atoms with E-state index >= 15 is 0 Å². The number of aryl methyl sites for hydroxylation is 1. The molecule has 1 N–H and O–H groups in total. The zero-order chi connectivity index (χ0) is 26.0. The molecule has 3 aromatic carbocycles. The van der Waals surface area contributed by atoms with Gasteiger partial charge < -0.3 is 14.6 Å². The highest BCUT2D eigenvalue weighted by molar-refractivity contribution is 6.30. The van der Waals surface area contributed by atoms with E-state index in [9.17, 15) is 4.79 Å². The lowest BCUT2D eigenvalue weighted by atomic mass is 9.97. The lowest BCUT2D eigenvalue weighted by molar-refractivity contribution is -0.139. The minimum atomic E-state index is -1.02. The predicted molar refractivity (Wildman–Crippen MR) is 145 cm³/mol. The van der Waals surface area contributed by atoms with E-state index in [1.165, 1.54) is 0 Å². The smallest absolute Gasteiger partial charge is 0.341 e. The van der Waals surface area contributed by atoms with Gasteiger partial charge in [0.25, 0.3) is 0 Å². The topological polar surface area (TPSA) is 68.7 Å². The van der Waals surface area contributed by atoms with Crippen molar-refractivity contribution < 1.29 is 19.4 Å². The molecule has 0 radical (unpaired) electrons. The molecule has 0 saturated carbocycles.